The molecule has 0 spiro atoms. The molecule has 0 saturated heterocycles. The molecule has 3 heteroatoms. The molecule has 0 radical (unpaired) electrons. The van der Waals surface area contributed by atoms with Gasteiger partial charge in [0, 0.05) is 10.0 Å². The van der Waals surface area contributed by atoms with E-state index in [2.05, 4.69) is 13.0 Å². The quantitative estimate of drug-likeness (QED) is 0.726. The van der Waals surface area contributed by atoms with Crippen LogP contribution in [0.1, 0.15) is 38.2 Å². The topological polar surface area (TPSA) is 23.8 Å². The molecular formula is C15H17Cl2N. The van der Waals surface area contributed by atoms with Crippen molar-refractivity contribution in [2.45, 2.75) is 39.0 Å². The maximum Gasteiger partial charge on any atom is 0.0693 e. The first-order valence-electron chi connectivity index (χ1n) is 6.40. The van der Waals surface area contributed by atoms with E-state index in [1.165, 1.54) is 6.42 Å². The molecule has 2 rings (SSSR count). The molecule has 0 aromatic heterocycles. The lowest BCUT2D eigenvalue weighted by molar-refractivity contribution is 0.209. The number of hydrogen-bond donors (Lipinski definition) is 0. The molecule has 1 fully saturated rings. The van der Waals surface area contributed by atoms with Gasteiger partial charge in [-0.15, -0.1) is 0 Å². The van der Waals surface area contributed by atoms with Gasteiger partial charge in [-0.25, -0.2) is 0 Å². The van der Waals surface area contributed by atoms with Crippen LogP contribution in [0.5, 0.6) is 0 Å². The summed E-state index contributed by atoms with van der Waals surface area (Å²) in [7, 11) is 0. The molecule has 2 unspecified atom stereocenters. The highest BCUT2D eigenvalue weighted by atomic mass is 35.5. The fourth-order valence-electron chi connectivity index (χ4n) is 3.00. The van der Waals surface area contributed by atoms with Gasteiger partial charge in [0.2, 0.25) is 0 Å². The van der Waals surface area contributed by atoms with Gasteiger partial charge in [0.05, 0.1) is 11.5 Å². The molecular weight excluding hydrogens is 265 g/mol. The summed E-state index contributed by atoms with van der Waals surface area (Å²) >= 11 is 12.4. The van der Waals surface area contributed by atoms with E-state index in [1.54, 1.807) is 0 Å². The number of rotatable bonds is 2. The first kappa shape index (κ1) is 13.7. The van der Waals surface area contributed by atoms with Gasteiger partial charge in [0.15, 0.2) is 0 Å². The molecule has 0 bridgehead atoms. The summed E-state index contributed by atoms with van der Waals surface area (Å²) in [5.41, 5.74) is 0.642. The summed E-state index contributed by atoms with van der Waals surface area (Å²) in [4.78, 5) is 0. The molecule has 96 valence electrons. The minimum absolute atomic E-state index is 0.285. The first-order valence-corrected chi connectivity index (χ1v) is 7.16. The van der Waals surface area contributed by atoms with Crippen LogP contribution in [0.4, 0.5) is 0 Å². The van der Waals surface area contributed by atoms with E-state index in [0.717, 1.165) is 24.8 Å². The second-order valence-corrected chi connectivity index (χ2v) is 6.29. The van der Waals surface area contributed by atoms with Crippen molar-refractivity contribution in [1.82, 2.24) is 0 Å². The van der Waals surface area contributed by atoms with E-state index in [-0.39, 0.29) is 5.41 Å². The van der Waals surface area contributed by atoms with E-state index in [0.29, 0.717) is 22.4 Å². The van der Waals surface area contributed by atoms with Crippen LogP contribution in [0.15, 0.2) is 18.2 Å². The highest BCUT2D eigenvalue weighted by molar-refractivity contribution is 6.36. The third-order valence-corrected chi connectivity index (χ3v) is 4.61. The van der Waals surface area contributed by atoms with Crippen molar-refractivity contribution < 1.29 is 0 Å². The predicted molar refractivity (Wildman–Crippen MR) is 75.8 cm³/mol. The Morgan fingerprint density at radius 3 is 2.61 bits per heavy atom. The van der Waals surface area contributed by atoms with E-state index in [4.69, 9.17) is 23.2 Å². The fraction of sp³-hybridized carbons (Fsp3) is 0.533. The number of halogens is 2. The van der Waals surface area contributed by atoms with Crippen molar-refractivity contribution in [2.24, 2.45) is 11.3 Å². The summed E-state index contributed by atoms with van der Waals surface area (Å²) in [6.45, 7) is 2.22. The highest BCUT2D eigenvalue weighted by Gasteiger charge is 2.36. The van der Waals surface area contributed by atoms with Crippen LogP contribution < -0.4 is 0 Å². The van der Waals surface area contributed by atoms with Gasteiger partial charge in [0.25, 0.3) is 0 Å². The van der Waals surface area contributed by atoms with Gasteiger partial charge in [-0.3, -0.25) is 0 Å². The van der Waals surface area contributed by atoms with E-state index >= 15 is 0 Å². The van der Waals surface area contributed by atoms with Crippen molar-refractivity contribution in [3.8, 4) is 6.07 Å². The zero-order valence-corrected chi connectivity index (χ0v) is 12.1. The summed E-state index contributed by atoms with van der Waals surface area (Å²) in [6, 6.07) is 8.07. The normalized spacial score (nSPS) is 27.8. The van der Waals surface area contributed by atoms with Crippen molar-refractivity contribution in [3.05, 3.63) is 33.8 Å². The fourth-order valence-corrected chi connectivity index (χ4v) is 3.53. The van der Waals surface area contributed by atoms with Crippen LogP contribution in [-0.4, -0.2) is 0 Å². The molecule has 0 heterocycles. The van der Waals surface area contributed by atoms with Crippen LogP contribution in [-0.2, 0) is 6.42 Å². The van der Waals surface area contributed by atoms with Crippen molar-refractivity contribution in [1.29, 1.82) is 5.26 Å². The Labute approximate surface area is 119 Å². The molecule has 1 aromatic rings. The predicted octanol–water partition coefficient (Wildman–Crippen LogP) is 5.26. The first-order chi connectivity index (χ1) is 8.56. The van der Waals surface area contributed by atoms with Crippen molar-refractivity contribution in [2.75, 3.05) is 0 Å². The lowest BCUT2D eigenvalue weighted by atomic mass is 9.68. The van der Waals surface area contributed by atoms with Crippen LogP contribution in [0, 0.1) is 22.7 Å². The monoisotopic (exact) mass is 281 g/mol. The molecule has 0 aliphatic heterocycles. The summed E-state index contributed by atoms with van der Waals surface area (Å²) in [6.07, 6.45) is 4.92. The minimum atomic E-state index is -0.285. The summed E-state index contributed by atoms with van der Waals surface area (Å²) in [5.74, 6) is 0.611. The average molecular weight is 282 g/mol. The summed E-state index contributed by atoms with van der Waals surface area (Å²) in [5, 5.41) is 10.9. The van der Waals surface area contributed by atoms with Gasteiger partial charge in [0.1, 0.15) is 0 Å². The Balaban J connectivity index is 2.28. The van der Waals surface area contributed by atoms with Gasteiger partial charge < -0.3 is 0 Å². The van der Waals surface area contributed by atoms with E-state index in [1.807, 2.05) is 18.2 Å². The Kier molecular flexibility index (Phi) is 4.20. The third-order valence-electron chi connectivity index (χ3n) is 3.91. The van der Waals surface area contributed by atoms with Crippen LogP contribution in [0.25, 0.3) is 0 Å². The lowest BCUT2D eigenvalue weighted by Crippen LogP contribution is -2.28. The second-order valence-electron chi connectivity index (χ2n) is 5.47. The Morgan fingerprint density at radius 2 is 2.06 bits per heavy atom. The maximum atomic E-state index is 9.57. The van der Waals surface area contributed by atoms with Crippen LogP contribution in [0.3, 0.4) is 0 Å². The highest BCUT2D eigenvalue weighted by Crippen LogP contribution is 2.43. The SMILES string of the molecule is CC1CCCC(C#N)(Cc2c(Cl)cccc2Cl)C1. The lowest BCUT2D eigenvalue weighted by Gasteiger charge is -2.34. The molecule has 0 amide bonds. The zero-order chi connectivity index (χ0) is 13.2. The zero-order valence-electron chi connectivity index (χ0n) is 10.5. The van der Waals surface area contributed by atoms with Gasteiger partial charge in [-0.2, -0.15) is 5.26 Å². The average Bonchev–Trinajstić information content (AvgIpc) is 2.34. The molecule has 2 atom stereocenters. The number of hydrogen-bond acceptors (Lipinski definition) is 1. The maximum absolute atomic E-state index is 9.57. The summed E-state index contributed by atoms with van der Waals surface area (Å²) < 4.78 is 0. The smallest absolute Gasteiger partial charge is 0.0693 e. The van der Waals surface area contributed by atoms with E-state index in [9.17, 15) is 5.26 Å². The van der Waals surface area contributed by atoms with Gasteiger partial charge in [-0.05, 0) is 42.9 Å². The van der Waals surface area contributed by atoms with Gasteiger partial charge in [-0.1, -0.05) is 49.0 Å². The van der Waals surface area contributed by atoms with E-state index < -0.39 is 0 Å². The van der Waals surface area contributed by atoms with Crippen molar-refractivity contribution >= 4 is 23.2 Å². The number of benzene rings is 1. The molecule has 0 N–H and O–H groups in total. The van der Waals surface area contributed by atoms with Gasteiger partial charge >= 0.3 is 0 Å². The van der Waals surface area contributed by atoms with Crippen LogP contribution in [0.2, 0.25) is 10.0 Å². The number of nitrogens with zero attached hydrogens (tertiary/aromatic N) is 1. The van der Waals surface area contributed by atoms with Crippen molar-refractivity contribution in [3.63, 3.8) is 0 Å². The molecule has 18 heavy (non-hydrogen) atoms. The Morgan fingerprint density at radius 1 is 1.39 bits per heavy atom. The minimum Gasteiger partial charge on any atom is -0.198 e. The largest absolute Gasteiger partial charge is 0.198 e. The standard InChI is InChI=1S/C15H17Cl2N/c1-11-4-3-7-15(8-11,10-18)9-12-13(16)5-2-6-14(12)17/h2,5-6,11H,3-4,7-9H2,1H3. The Bertz CT molecular complexity index is 458. The molecule has 1 aromatic carbocycles. The number of nitriles is 1. The molecule has 1 nitrogen and oxygen atoms in total. The second kappa shape index (κ2) is 5.51. The molecule has 1 aliphatic carbocycles. The van der Waals surface area contributed by atoms with Crippen LogP contribution >= 0.6 is 23.2 Å². The Hall–Kier alpha value is -0.710. The molecule has 1 saturated carbocycles. The molecule has 1 aliphatic rings. The third kappa shape index (κ3) is 2.82.